The second kappa shape index (κ2) is 6.54. The first-order valence-corrected chi connectivity index (χ1v) is 7.74. The molecule has 0 radical (unpaired) electrons. The van der Waals surface area contributed by atoms with E-state index in [1.807, 2.05) is 0 Å². The van der Waals surface area contributed by atoms with Crippen molar-refractivity contribution in [2.24, 2.45) is 7.05 Å². The molecule has 0 bridgehead atoms. The van der Waals surface area contributed by atoms with Crippen molar-refractivity contribution < 1.29 is 5.11 Å². The van der Waals surface area contributed by atoms with Crippen LogP contribution in [-0.4, -0.2) is 29.4 Å². The fourth-order valence-corrected chi connectivity index (χ4v) is 2.62. The van der Waals surface area contributed by atoms with Crippen LogP contribution < -0.4 is 11.2 Å². The lowest BCUT2D eigenvalue weighted by Crippen LogP contribution is -2.39. The first kappa shape index (κ1) is 17.2. The van der Waals surface area contributed by atoms with Crippen molar-refractivity contribution in [3.8, 4) is 0 Å². The first-order valence-electron chi connectivity index (χ1n) is 7.74. The molecule has 0 aliphatic carbocycles. The van der Waals surface area contributed by atoms with Gasteiger partial charge in [0.05, 0.1) is 11.9 Å². The minimum absolute atomic E-state index is 0.328. The Kier molecular flexibility index (Phi) is 4.89. The maximum absolute atomic E-state index is 12.7. The molecule has 0 atom stereocenters. The Labute approximate surface area is 134 Å². The first-order chi connectivity index (χ1) is 10.8. The van der Waals surface area contributed by atoms with Gasteiger partial charge in [-0.2, -0.15) is 0 Å². The molecule has 7 nitrogen and oxygen atoms in total. The summed E-state index contributed by atoms with van der Waals surface area (Å²) in [6.07, 6.45) is 5.24. The SMILES string of the molecule is C=CCn1cnc2c1c(=O)n(CCCCC(C)(C)O)c(=O)n2C. The van der Waals surface area contributed by atoms with E-state index in [2.05, 4.69) is 11.6 Å². The predicted octanol–water partition coefficient (Wildman–Crippen LogP) is 1.02. The quantitative estimate of drug-likeness (QED) is 0.610. The fraction of sp³-hybridized carbons (Fsp3) is 0.562. The van der Waals surface area contributed by atoms with Crippen LogP contribution in [0, 0.1) is 0 Å². The van der Waals surface area contributed by atoms with Crippen molar-refractivity contribution in [2.75, 3.05) is 0 Å². The van der Waals surface area contributed by atoms with Crippen LogP contribution in [0.3, 0.4) is 0 Å². The summed E-state index contributed by atoms with van der Waals surface area (Å²) >= 11 is 0. The van der Waals surface area contributed by atoms with Crippen LogP contribution in [0.2, 0.25) is 0 Å². The van der Waals surface area contributed by atoms with E-state index in [4.69, 9.17) is 0 Å². The van der Waals surface area contributed by atoms with E-state index < -0.39 is 5.60 Å². The summed E-state index contributed by atoms with van der Waals surface area (Å²) in [4.78, 5) is 29.2. The van der Waals surface area contributed by atoms with Gasteiger partial charge in [0.1, 0.15) is 0 Å². The van der Waals surface area contributed by atoms with E-state index in [0.717, 1.165) is 6.42 Å². The molecular weight excluding hydrogens is 296 g/mol. The predicted molar refractivity (Wildman–Crippen MR) is 89.6 cm³/mol. The Balaban J connectivity index is 2.36. The van der Waals surface area contributed by atoms with E-state index in [9.17, 15) is 14.7 Å². The molecule has 0 amide bonds. The number of nitrogens with zero attached hydrogens (tertiary/aromatic N) is 4. The molecular formula is C16H24N4O3. The molecule has 0 aliphatic heterocycles. The van der Waals surface area contributed by atoms with Gasteiger partial charge in [-0.05, 0) is 33.1 Å². The lowest BCUT2D eigenvalue weighted by molar-refractivity contribution is 0.0678. The van der Waals surface area contributed by atoms with Crippen LogP contribution in [0.1, 0.15) is 33.1 Å². The zero-order chi connectivity index (χ0) is 17.2. The summed E-state index contributed by atoms with van der Waals surface area (Å²) in [7, 11) is 1.61. The Bertz CT molecular complexity index is 821. The standard InChI is InChI=1S/C16H24N4O3/c1-5-9-19-11-17-13-12(19)14(21)20(15(22)18(13)4)10-7-6-8-16(2,3)23/h5,11,23H,1,6-10H2,2-4H3. The summed E-state index contributed by atoms with van der Waals surface area (Å²) in [5, 5.41) is 9.72. The third kappa shape index (κ3) is 3.61. The van der Waals surface area contributed by atoms with Gasteiger partial charge in [-0.15, -0.1) is 6.58 Å². The average molecular weight is 320 g/mol. The molecule has 23 heavy (non-hydrogen) atoms. The summed E-state index contributed by atoms with van der Waals surface area (Å²) < 4.78 is 4.33. The molecule has 0 saturated heterocycles. The van der Waals surface area contributed by atoms with Crippen molar-refractivity contribution in [3.05, 3.63) is 39.8 Å². The minimum atomic E-state index is -0.734. The Morgan fingerprint density at radius 2 is 2.04 bits per heavy atom. The Hall–Kier alpha value is -2.15. The molecule has 0 aliphatic rings. The topological polar surface area (TPSA) is 82.1 Å². The molecule has 2 aromatic heterocycles. The molecule has 0 fully saturated rings. The monoisotopic (exact) mass is 320 g/mol. The van der Waals surface area contributed by atoms with Gasteiger partial charge in [0.15, 0.2) is 11.2 Å². The highest BCUT2D eigenvalue weighted by molar-refractivity contribution is 5.70. The van der Waals surface area contributed by atoms with Crippen molar-refractivity contribution in [1.82, 2.24) is 18.7 Å². The summed E-state index contributed by atoms with van der Waals surface area (Å²) in [6.45, 7) is 7.96. The Morgan fingerprint density at radius 1 is 1.35 bits per heavy atom. The highest BCUT2D eigenvalue weighted by Gasteiger charge is 2.16. The highest BCUT2D eigenvalue weighted by Crippen LogP contribution is 2.12. The number of aromatic nitrogens is 4. The molecule has 0 spiro atoms. The van der Waals surface area contributed by atoms with Crippen LogP contribution >= 0.6 is 0 Å². The van der Waals surface area contributed by atoms with Gasteiger partial charge in [-0.3, -0.25) is 13.9 Å². The van der Waals surface area contributed by atoms with Crippen LogP contribution in [0.25, 0.3) is 11.2 Å². The van der Waals surface area contributed by atoms with E-state index in [-0.39, 0.29) is 11.2 Å². The molecule has 126 valence electrons. The van der Waals surface area contributed by atoms with Crippen molar-refractivity contribution in [3.63, 3.8) is 0 Å². The van der Waals surface area contributed by atoms with E-state index in [1.165, 1.54) is 9.13 Å². The number of allylic oxidation sites excluding steroid dienone is 1. The largest absolute Gasteiger partial charge is 0.390 e. The van der Waals surface area contributed by atoms with Crippen LogP contribution in [0.5, 0.6) is 0 Å². The van der Waals surface area contributed by atoms with Crippen LogP contribution in [-0.2, 0) is 20.1 Å². The number of rotatable bonds is 7. The van der Waals surface area contributed by atoms with Crippen LogP contribution in [0.15, 0.2) is 28.6 Å². The normalized spacial score (nSPS) is 12.0. The number of aliphatic hydroxyl groups is 1. The molecule has 2 rings (SSSR count). The lowest BCUT2D eigenvalue weighted by atomic mass is 10.0. The Morgan fingerprint density at radius 3 is 2.65 bits per heavy atom. The van der Waals surface area contributed by atoms with Gasteiger partial charge in [-0.25, -0.2) is 9.78 Å². The van der Waals surface area contributed by atoms with Gasteiger partial charge in [0.2, 0.25) is 0 Å². The average Bonchev–Trinajstić information content (AvgIpc) is 2.87. The number of aryl methyl sites for hydroxylation is 1. The van der Waals surface area contributed by atoms with Gasteiger partial charge in [0.25, 0.3) is 5.56 Å². The molecule has 0 unspecified atom stereocenters. The second-order valence-corrected chi connectivity index (χ2v) is 6.43. The second-order valence-electron chi connectivity index (χ2n) is 6.43. The van der Waals surface area contributed by atoms with Gasteiger partial charge >= 0.3 is 5.69 Å². The minimum Gasteiger partial charge on any atom is -0.390 e. The van der Waals surface area contributed by atoms with Gasteiger partial charge in [-0.1, -0.05) is 6.08 Å². The number of imidazole rings is 1. The van der Waals surface area contributed by atoms with Crippen LogP contribution in [0.4, 0.5) is 0 Å². The zero-order valence-electron chi connectivity index (χ0n) is 13.9. The number of fused-ring (bicyclic) bond motifs is 1. The summed E-state index contributed by atoms with van der Waals surface area (Å²) in [6, 6.07) is 0. The molecule has 0 saturated carbocycles. The van der Waals surface area contributed by atoms with Crippen molar-refractivity contribution in [1.29, 1.82) is 0 Å². The smallest absolute Gasteiger partial charge is 0.332 e. The summed E-state index contributed by atoms with van der Waals surface area (Å²) in [5.41, 5.74) is -0.632. The van der Waals surface area contributed by atoms with E-state index in [1.54, 1.807) is 37.9 Å². The number of unbranched alkanes of at least 4 members (excludes halogenated alkanes) is 1. The number of hydrogen-bond acceptors (Lipinski definition) is 4. The third-order valence-electron chi connectivity index (χ3n) is 3.85. The third-order valence-corrected chi connectivity index (χ3v) is 3.85. The molecule has 7 heteroatoms. The fourth-order valence-electron chi connectivity index (χ4n) is 2.62. The van der Waals surface area contributed by atoms with E-state index >= 15 is 0 Å². The van der Waals surface area contributed by atoms with Gasteiger partial charge < -0.3 is 9.67 Å². The molecule has 2 aromatic rings. The number of hydrogen-bond donors (Lipinski definition) is 1. The van der Waals surface area contributed by atoms with Gasteiger partial charge in [0, 0.05) is 20.1 Å². The highest BCUT2D eigenvalue weighted by atomic mass is 16.3. The van der Waals surface area contributed by atoms with Crippen molar-refractivity contribution >= 4 is 11.2 Å². The van der Waals surface area contributed by atoms with Crippen molar-refractivity contribution in [2.45, 2.75) is 51.8 Å². The molecule has 1 N–H and O–H groups in total. The maximum atomic E-state index is 12.7. The van der Waals surface area contributed by atoms with E-state index in [0.29, 0.717) is 37.1 Å². The molecule has 2 heterocycles. The molecule has 0 aromatic carbocycles. The zero-order valence-corrected chi connectivity index (χ0v) is 13.9. The lowest BCUT2D eigenvalue weighted by Gasteiger charge is -2.16. The maximum Gasteiger partial charge on any atom is 0.332 e. The summed E-state index contributed by atoms with van der Waals surface area (Å²) in [5.74, 6) is 0.